The van der Waals surface area contributed by atoms with Crippen LogP contribution in [0.25, 0.3) is 0 Å². The predicted molar refractivity (Wildman–Crippen MR) is 131 cm³/mol. The summed E-state index contributed by atoms with van der Waals surface area (Å²) in [6.07, 6.45) is 2.06. The predicted octanol–water partition coefficient (Wildman–Crippen LogP) is 4.02. The molecule has 3 atom stereocenters. The Labute approximate surface area is 204 Å². The Balaban J connectivity index is 1.38. The second-order valence-electron chi connectivity index (χ2n) is 9.45. The molecule has 0 radical (unpaired) electrons. The van der Waals surface area contributed by atoms with Crippen molar-refractivity contribution in [3.8, 4) is 0 Å². The van der Waals surface area contributed by atoms with Crippen LogP contribution in [0, 0.1) is 15.4 Å². The number of carbonyl (C=O) groups is 1. The normalized spacial score (nSPS) is 24.5. The Morgan fingerprint density at radius 1 is 1.24 bits per heavy atom. The zero-order valence-corrected chi connectivity index (χ0v) is 20.5. The van der Waals surface area contributed by atoms with Gasteiger partial charge in [0.25, 0.3) is 17.9 Å². The molecule has 2 aromatic rings. The summed E-state index contributed by atoms with van der Waals surface area (Å²) in [5.74, 6) is 0.768. The molecule has 1 saturated heterocycles. The van der Waals surface area contributed by atoms with Gasteiger partial charge in [0, 0.05) is 53.1 Å². The van der Waals surface area contributed by atoms with Crippen LogP contribution in [-0.2, 0) is 6.54 Å². The number of rotatable bonds is 7. The van der Waals surface area contributed by atoms with Crippen molar-refractivity contribution in [1.29, 1.82) is 0 Å². The molecule has 1 aromatic heterocycles. The van der Waals surface area contributed by atoms with Crippen molar-refractivity contribution in [2.45, 2.75) is 44.3 Å². The maximum atomic E-state index is 13.2. The van der Waals surface area contributed by atoms with E-state index in [1.165, 1.54) is 6.07 Å². The Kier molecular flexibility index (Phi) is 6.19. The summed E-state index contributed by atoms with van der Waals surface area (Å²) >= 11 is 1.90. The Morgan fingerprint density at radius 3 is 2.61 bits per heavy atom. The Morgan fingerprint density at radius 2 is 1.97 bits per heavy atom. The first-order valence-corrected chi connectivity index (χ1v) is 12.5. The average molecular weight is 568 g/mol. The molecule has 2 N–H and O–H groups in total. The van der Waals surface area contributed by atoms with E-state index in [1.54, 1.807) is 29.0 Å². The minimum absolute atomic E-state index is 0.0338. The van der Waals surface area contributed by atoms with Gasteiger partial charge in [-0.25, -0.2) is 8.78 Å². The van der Waals surface area contributed by atoms with E-state index in [4.69, 9.17) is 0 Å². The second-order valence-corrected chi connectivity index (χ2v) is 10.5. The van der Waals surface area contributed by atoms with Gasteiger partial charge in [-0.2, -0.15) is 0 Å². The number of aromatic nitrogens is 1. The van der Waals surface area contributed by atoms with Crippen molar-refractivity contribution in [3.05, 3.63) is 61.1 Å². The lowest BCUT2D eigenvalue weighted by Gasteiger charge is -2.28. The van der Waals surface area contributed by atoms with E-state index in [-0.39, 0.29) is 35.7 Å². The third-order valence-electron chi connectivity index (χ3n) is 7.28. The van der Waals surface area contributed by atoms with Crippen molar-refractivity contribution >= 4 is 34.2 Å². The fourth-order valence-corrected chi connectivity index (χ4v) is 5.89. The summed E-state index contributed by atoms with van der Waals surface area (Å²) in [4.78, 5) is 28.3. The summed E-state index contributed by atoms with van der Waals surface area (Å²) in [6.45, 7) is 2.17. The van der Waals surface area contributed by atoms with Crippen LogP contribution in [0.5, 0.6) is 0 Å². The van der Waals surface area contributed by atoms with Crippen LogP contribution >= 0.6 is 22.6 Å². The number of fused-ring (bicyclic) bond motifs is 1. The van der Waals surface area contributed by atoms with E-state index in [1.807, 2.05) is 22.6 Å². The monoisotopic (exact) mass is 568 g/mol. The van der Waals surface area contributed by atoms with E-state index in [0.29, 0.717) is 32.2 Å². The molecule has 2 saturated carbocycles. The van der Waals surface area contributed by atoms with Gasteiger partial charge in [-0.1, -0.05) is 18.2 Å². The number of amides is 1. The number of hydrogen-bond acceptors (Lipinski definition) is 4. The molecule has 2 unspecified atom stereocenters. The highest BCUT2D eigenvalue weighted by molar-refractivity contribution is 14.1. The fraction of sp³-hybridized carbons (Fsp3) is 0.500. The first-order valence-electron chi connectivity index (χ1n) is 11.4. The van der Waals surface area contributed by atoms with Crippen LogP contribution < -0.4 is 16.2 Å². The molecule has 1 amide bonds. The largest absolute Gasteiger partial charge is 0.381 e. The van der Waals surface area contributed by atoms with Crippen LogP contribution in [0.1, 0.15) is 53.2 Å². The molecule has 2 heterocycles. The van der Waals surface area contributed by atoms with Gasteiger partial charge < -0.3 is 20.1 Å². The smallest absolute Gasteiger partial charge is 0.264 e. The molecule has 9 heteroatoms. The second kappa shape index (κ2) is 8.98. The van der Waals surface area contributed by atoms with Gasteiger partial charge in [0.1, 0.15) is 0 Å². The zero-order chi connectivity index (χ0) is 23.3. The van der Waals surface area contributed by atoms with Gasteiger partial charge in [-0.3, -0.25) is 9.59 Å². The number of halogens is 3. The van der Waals surface area contributed by atoms with Crippen molar-refractivity contribution in [3.63, 3.8) is 0 Å². The van der Waals surface area contributed by atoms with Crippen LogP contribution in [0.4, 0.5) is 14.5 Å². The Hall–Kier alpha value is -2.01. The van der Waals surface area contributed by atoms with Gasteiger partial charge in [0.05, 0.1) is 11.3 Å². The molecule has 5 rings (SSSR count). The minimum Gasteiger partial charge on any atom is -0.381 e. The molecule has 176 valence electrons. The maximum absolute atomic E-state index is 13.2. The van der Waals surface area contributed by atoms with Gasteiger partial charge in [-0.05, 0) is 66.3 Å². The lowest BCUT2D eigenvalue weighted by atomic mass is 9.92. The molecule has 33 heavy (non-hydrogen) atoms. The third-order valence-corrected chi connectivity index (χ3v) is 8.59. The molecule has 3 aliphatic rings. The summed E-state index contributed by atoms with van der Waals surface area (Å²) < 4.78 is 28.6. The first kappa shape index (κ1) is 22.8. The molecular formula is C24H27F2IN4O2. The summed E-state index contributed by atoms with van der Waals surface area (Å²) in [6, 6.07) is 6.68. The van der Waals surface area contributed by atoms with E-state index >= 15 is 0 Å². The molecule has 1 aliphatic heterocycles. The third kappa shape index (κ3) is 4.41. The standard InChI is InChI=1S/C24H27F2IN4O2/c1-30-10-16-17(11-30)22(16)29-19-8-20(32)31(14-5-3-6-14)12-18(19)24(33)28-9-13-4-2-7-15(21(13)27)23(25)26/h2,4,7-8,12,14,16-17,22-23,29H,3,5-6,9-11H2,1H3,(H,28,33)/t16-,17?,22?/m1/s1. The molecule has 3 fully saturated rings. The molecule has 0 spiro atoms. The fourth-order valence-electron chi connectivity index (χ4n) is 5.10. The number of hydrogen-bond donors (Lipinski definition) is 2. The van der Waals surface area contributed by atoms with Crippen molar-refractivity contribution in [2.75, 3.05) is 25.5 Å². The lowest BCUT2D eigenvalue weighted by Crippen LogP contribution is -2.33. The van der Waals surface area contributed by atoms with Gasteiger partial charge in [-0.15, -0.1) is 0 Å². The number of carbonyl (C=O) groups excluding carboxylic acids is 1. The molecule has 0 bridgehead atoms. The van der Waals surface area contributed by atoms with E-state index in [0.717, 1.165) is 32.4 Å². The number of nitrogens with zero attached hydrogens (tertiary/aromatic N) is 2. The molecular weight excluding hydrogens is 541 g/mol. The summed E-state index contributed by atoms with van der Waals surface area (Å²) in [5, 5.41) is 6.35. The SMILES string of the molecule is CN1CC2C(Nc3cc(=O)n(C4CCC4)cc3C(=O)NCc3cccc(C(F)F)c3I)[C@@H]2C1. The quantitative estimate of drug-likeness (QED) is 0.496. The van der Waals surface area contributed by atoms with Crippen LogP contribution in [0.2, 0.25) is 0 Å². The van der Waals surface area contributed by atoms with Gasteiger partial charge in [0.15, 0.2) is 0 Å². The van der Waals surface area contributed by atoms with Crippen LogP contribution in [0.3, 0.4) is 0 Å². The maximum Gasteiger partial charge on any atom is 0.264 e. The van der Waals surface area contributed by atoms with Crippen LogP contribution in [-0.4, -0.2) is 41.6 Å². The topological polar surface area (TPSA) is 66.4 Å². The average Bonchev–Trinajstić information content (AvgIpc) is 3.17. The number of alkyl halides is 2. The first-order chi connectivity index (χ1) is 15.8. The highest BCUT2D eigenvalue weighted by Crippen LogP contribution is 2.47. The lowest BCUT2D eigenvalue weighted by molar-refractivity contribution is 0.0950. The zero-order valence-electron chi connectivity index (χ0n) is 18.4. The van der Waals surface area contributed by atoms with Gasteiger partial charge in [0.2, 0.25) is 0 Å². The Bertz CT molecular complexity index is 1120. The summed E-state index contributed by atoms with van der Waals surface area (Å²) in [5.41, 5.74) is 1.50. The van der Waals surface area contributed by atoms with Crippen molar-refractivity contribution in [1.82, 2.24) is 14.8 Å². The van der Waals surface area contributed by atoms with E-state index in [2.05, 4.69) is 22.6 Å². The number of pyridine rings is 1. The molecule has 2 aliphatic carbocycles. The van der Waals surface area contributed by atoms with Crippen molar-refractivity contribution in [2.24, 2.45) is 11.8 Å². The number of anilines is 1. The number of likely N-dealkylation sites (tertiary alicyclic amines) is 1. The minimum atomic E-state index is -2.56. The summed E-state index contributed by atoms with van der Waals surface area (Å²) in [7, 11) is 2.10. The van der Waals surface area contributed by atoms with Crippen LogP contribution in [0.15, 0.2) is 35.3 Å². The van der Waals surface area contributed by atoms with Crippen molar-refractivity contribution < 1.29 is 13.6 Å². The van der Waals surface area contributed by atoms with E-state index < -0.39 is 6.43 Å². The van der Waals surface area contributed by atoms with E-state index in [9.17, 15) is 18.4 Å². The number of piperidine rings is 1. The molecule has 1 aromatic carbocycles. The highest BCUT2D eigenvalue weighted by atomic mass is 127. The highest BCUT2D eigenvalue weighted by Gasteiger charge is 2.55. The van der Waals surface area contributed by atoms with Gasteiger partial charge >= 0.3 is 0 Å². The number of nitrogens with one attached hydrogen (secondary N) is 2. The molecule has 6 nitrogen and oxygen atoms in total. The number of benzene rings is 1.